The molecule has 2 unspecified atom stereocenters. The number of rotatable bonds is 4. The first-order valence-electron chi connectivity index (χ1n) is 6.43. The van der Waals surface area contributed by atoms with Crippen molar-refractivity contribution in [3.63, 3.8) is 0 Å². The second kappa shape index (κ2) is 6.26. The van der Waals surface area contributed by atoms with Crippen molar-refractivity contribution in [2.24, 2.45) is 7.05 Å². The molecular formula is C12H21N3O3. The van der Waals surface area contributed by atoms with Crippen LogP contribution in [0.3, 0.4) is 0 Å². The molecule has 18 heavy (non-hydrogen) atoms. The largest absolute Gasteiger partial charge is 0.367 e. The van der Waals surface area contributed by atoms with E-state index < -0.39 is 6.29 Å². The molecule has 1 N–H and O–H groups in total. The Balaban J connectivity index is 2.09. The van der Waals surface area contributed by atoms with Gasteiger partial charge in [-0.05, 0) is 19.3 Å². The van der Waals surface area contributed by atoms with Gasteiger partial charge in [-0.15, -0.1) is 5.10 Å². The van der Waals surface area contributed by atoms with Crippen molar-refractivity contribution in [3.8, 4) is 0 Å². The molecule has 2 rings (SSSR count). The van der Waals surface area contributed by atoms with Gasteiger partial charge in [0.1, 0.15) is 11.8 Å². The molecule has 6 heteroatoms. The van der Waals surface area contributed by atoms with Gasteiger partial charge in [0.15, 0.2) is 6.29 Å². The van der Waals surface area contributed by atoms with E-state index in [0.717, 1.165) is 30.7 Å². The number of ether oxygens (including phenoxy) is 2. The molecule has 0 radical (unpaired) electrons. The number of hydrogen-bond acceptors (Lipinski definition) is 5. The predicted octanol–water partition coefficient (Wildman–Crippen LogP) is 0.954. The third-order valence-corrected chi connectivity index (χ3v) is 3.37. The third kappa shape index (κ3) is 3.07. The van der Waals surface area contributed by atoms with Crippen LogP contribution in [0.2, 0.25) is 0 Å². The summed E-state index contributed by atoms with van der Waals surface area (Å²) in [6, 6.07) is 0. The molecule has 1 aromatic rings. The molecule has 1 heterocycles. The monoisotopic (exact) mass is 255 g/mol. The van der Waals surface area contributed by atoms with Crippen molar-refractivity contribution in [2.75, 3.05) is 13.7 Å². The molecule has 0 saturated heterocycles. The summed E-state index contributed by atoms with van der Waals surface area (Å²) in [6.45, 7) is 0.164. The Morgan fingerprint density at radius 2 is 2.28 bits per heavy atom. The molecule has 0 fully saturated rings. The van der Waals surface area contributed by atoms with Gasteiger partial charge in [-0.25, -0.2) is 0 Å². The van der Waals surface area contributed by atoms with E-state index >= 15 is 0 Å². The average molecular weight is 255 g/mol. The first kappa shape index (κ1) is 13.5. The molecule has 2 atom stereocenters. The molecule has 1 aliphatic carbocycles. The summed E-state index contributed by atoms with van der Waals surface area (Å²) < 4.78 is 12.3. The zero-order valence-corrected chi connectivity index (χ0v) is 11.0. The molecule has 0 amide bonds. The zero-order valence-electron chi connectivity index (χ0n) is 11.0. The van der Waals surface area contributed by atoms with Crippen LogP contribution in [0.15, 0.2) is 0 Å². The molecule has 0 spiro atoms. The number of aliphatic hydroxyl groups excluding tert-OH is 1. The van der Waals surface area contributed by atoms with Crippen LogP contribution < -0.4 is 0 Å². The van der Waals surface area contributed by atoms with Crippen LogP contribution in [0.1, 0.15) is 43.2 Å². The van der Waals surface area contributed by atoms with E-state index in [-0.39, 0.29) is 12.7 Å². The van der Waals surface area contributed by atoms with Crippen LogP contribution in [-0.2, 0) is 22.9 Å². The maximum Gasteiger partial charge on any atom is 0.177 e. The van der Waals surface area contributed by atoms with Crippen LogP contribution in [0.5, 0.6) is 0 Å². The predicted molar refractivity (Wildman–Crippen MR) is 64.9 cm³/mol. The molecule has 102 valence electrons. The number of nitrogens with zero attached hydrogens (tertiary/aromatic N) is 3. The van der Waals surface area contributed by atoms with Crippen molar-refractivity contribution < 1.29 is 14.6 Å². The normalized spacial score (nSPS) is 22.1. The topological polar surface area (TPSA) is 69.4 Å². The van der Waals surface area contributed by atoms with Crippen molar-refractivity contribution in [3.05, 3.63) is 11.4 Å². The number of methoxy groups -OCH3 is 1. The van der Waals surface area contributed by atoms with Crippen LogP contribution in [0, 0.1) is 0 Å². The van der Waals surface area contributed by atoms with Gasteiger partial charge >= 0.3 is 0 Å². The highest BCUT2D eigenvalue weighted by Gasteiger charge is 2.23. The van der Waals surface area contributed by atoms with Gasteiger partial charge in [-0.3, -0.25) is 4.68 Å². The number of hydrogen-bond donors (Lipinski definition) is 1. The van der Waals surface area contributed by atoms with Crippen LogP contribution >= 0.6 is 0 Å². The van der Waals surface area contributed by atoms with Gasteiger partial charge in [0.05, 0.1) is 12.3 Å². The molecule has 0 aromatic carbocycles. The highest BCUT2D eigenvalue weighted by atomic mass is 16.6. The molecule has 6 nitrogen and oxygen atoms in total. The molecule has 0 aliphatic heterocycles. The van der Waals surface area contributed by atoms with Gasteiger partial charge in [-0.2, -0.15) is 0 Å². The molecule has 0 saturated carbocycles. The summed E-state index contributed by atoms with van der Waals surface area (Å²) in [5.41, 5.74) is 2.06. The molecule has 1 aliphatic rings. The number of aliphatic hydroxyl groups is 1. The summed E-state index contributed by atoms with van der Waals surface area (Å²) in [4.78, 5) is 0. The standard InChI is InChI=1S/C12H21N3O3/c1-15-9-6-4-3-5-7-10(12(9)13-14-15)18-8-11(16)17-2/h10-11,16H,3-8H2,1-2H3. The van der Waals surface area contributed by atoms with Crippen LogP contribution in [0.25, 0.3) is 0 Å². The van der Waals surface area contributed by atoms with Gasteiger partial charge in [0, 0.05) is 14.2 Å². The first-order chi connectivity index (χ1) is 8.72. The van der Waals surface area contributed by atoms with Crippen LogP contribution in [-0.4, -0.2) is 40.1 Å². The quantitative estimate of drug-likeness (QED) is 0.811. The lowest BCUT2D eigenvalue weighted by Crippen LogP contribution is -2.20. The molecule has 1 aromatic heterocycles. The third-order valence-electron chi connectivity index (χ3n) is 3.37. The van der Waals surface area contributed by atoms with Crippen molar-refractivity contribution in [2.45, 2.75) is 44.5 Å². The summed E-state index contributed by atoms with van der Waals surface area (Å²) in [7, 11) is 3.37. The summed E-state index contributed by atoms with van der Waals surface area (Å²) >= 11 is 0. The lowest BCUT2D eigenvalue weighted by Gasteiger charge is -2.21. The fourth-order valence-electron chi connectivity index (χ4n) is 2.30. The lowest BCUT2D eigenvalue weighted by molar-refractivity contribution is -0.135. The van der Waals surface area contributed by atoms with Crippen LogP contribution in [0.4, 0.5) is 0 Å². The highest BCUT2D eigenvalue weighted by molar-refractivity contribution is 5.14. The Hall–Kier alpha value is -0.980. The van der Waals surface area contributed by atoms with Crippen molar-refractivity contribution in [1.29, 1.82) is 0 Å². The maximum atomic E-state index is 9.38. The minimum Gasteiger partial charge on any atom is -0.367 e. The highest BCUT2D eigenvalue weighted by Crippen LogP contribution is 2.28. The Morgan fingerprint density at radius 1 is 1.44 bits per heavy atom. The Morgan fingerprint density at radius 3 is 3.06 bits per heavy atom. The van der Waals surface area contributed by atoms with Crippen molar-refractivity contribution in [1.82, 2.24) is 15.0 Å². The smallest absolute Gasteiger partial charge is 0.177 e. The Labute approximate surface area is 107 Å². The number of aryl methyl sites for hydroxylation is 1. The SMILES string of the molecule is COC(O)COC1CCCCCc2c1nnn2C. The maximum absolute atomic E-state index is 9.38. The summed E-state index contributed by atoms with van der Waals surface area (Å²) in [5.74, 6) is 0. The van der Waals surface area contributed by atoms with Gasteiger partial charge in [0.25, 0.3) is 0 Å². The van der Waals surface area contributed by atoms with Gasteiger partial charge < -0.3 is 14.6 Å². The second-order valence-electron chi connectivity index (χ2n) is 4.66. The second-order valence-corrected chi connectivity index (χ2v) is 4.66. The Bertz CT molecular complexity index is 381. The van der Waals surface area contributed by atoms with Gasteiger partial charge in [0.2, 0.25) is 0 Å². The fraction of sp³-hybridized carbons (Fsp3) is 0.833. The van der Waals surface area contributed by atoms with Gasteiger partial charge in [-0.1, -0.05) is 18.1 Å². The summed E-state index contributed by atoms with van der Waals surface area (Å²) in [6.07, 6.45) is 4.42. The number of fused-ring (bicyclic) bond motifs is 1. The fourth-order valence-corrected chi connectivity index (χ4v) is 2.30. The van der Waals surface area contributed by atoms with E-state index in [1.807, 2.05) is 11.7 Å². The van der Waals surface area contributed by atoms with E-state index in [2.05, 4.69) is 10.3 Å². The van der Waals surface area contributed by atoms with E-state index in [1.54, 1.807) is 0 Å². The minimum atomic E-state index is -0.879. The Kier molecular flexibility index (Phi) is 4.68. The van der Waals surface area contributed by atoms with E-state index in [9.17, 15) is 5.11 Å². The first-order valence-corrected chi connectivity index (χ1v) is 6.43. The van der Waals surface area contributed by atoms with E-state index in [4.69, 9.17) is 9.47 Å². The zero-order chi connectivity index (χ0) is 13.0. The van der Waals surface area contributed by atoms with Crippen molar-refractivity contribution >= 4 is 0 Å². The summed E-state index contributed by atoms with van der Waals surface area (Å²) in [5, 5.41) is 17.7. The average Bonchev–Trinajstić information content (AvgIpc) is 2.69. The number of aromatic nitrogens is 3. The van der Waals surface area contributed by atoms with E-state index in [1.165, 1.54) is 20.0 Å². The lowest BCUT2D eigenvalue weighted by atomic mass is 9.99. The molecular weight excluding hydrogens is 234 g/mol. The molecule has 0 bridgehead atoms. The minimum absolute atomic E-state index is 0.0844. The van der Waals surface area contributed by atoms with E-state index in [0.29, 0.717) is 0 Å².